The Labute approximate surface area is 147 Å². The highest BCUT2D eigenvalue weighted by Crippen LogP contribution is 2.19. The van der Waals surface area contributed by atoms with Gasteiger partial charge in [0, 0.05) is 5.56 Å². The molecule has 1 N–H and O–H groups in total. The summed E-state index contributed by atoms with van der Waals surface area (Å²) in [5.74, 6) is -0.763. The second kappa shape index (κ2) is 7.73. The van der Waals surface area contributed by atoms with E-state index in [1.807, 2.05) is 0 Å². The summed E-state index contributed by atoms with van der Waals surface area (Å²) in [6.07, 6.45) is -0.431. The molecule has 0 fully saturated rings. The van der Waals surface area contributed by atoms with Crippen LogP contribution in [0.1, 0.15) is 13.3 Å². The number of aromatic nitrogens is 2. The predicted octanol–water partition coefficient (Wildman–Crippen LogP) is 3.81. The van der Waals surface area contributed by atoms with Gasteiger partial charge in [-0.2, -0.15) is 4.98 Å². The van der Waals surface area contributed by atoms with Crippen LogP contribution in [0.2, 0.25) is 0 Å². The van der Waals surface area contributed by atoms with Gasteiger partial charge in [0.15, 0.2) is 6.10 Å². The van der Waals surface area contributed by atoms with E-state index < -0.39 is 17.8 Å². The van der Waals surface area contributed by atoms with Gasteiger partial charge in [-0.15, -0.1) is 0 Å². The smallest absolute Gasteiger partial charge is 0.270 e. The fourth-order valence-corrected chi connectivity index (χ4v) is 2.17. The van der Waals surface area contributed by atoms with Crippen LogP contribution in [0.15, 0.2) is 53.1 Å². The summed E-state index contributed by atoms with van der Waals surface area (Å²) in [4.78, 5) is 16.4. The Bertz CT molecular complexity index is 879. The molecule has 26 heavy (non-hydrogen) atoms. The molecule has 0 saturated heterocycles. The van der Waals surface area contributed by atoms with Crippen molar-refractivity contribution in [3.05, 3.63) is 60.2 Å². The van der Waals surface area contributed by atoms with Crippen LogP contribution >= 0.6 is 0 Å². The van der Waals surface area contributed by atoms with E-state index in [0.29, 0.717) is 17.7 Å². The van der Waals surface area contributed by atoms with Crippen LogP contribution in [-0.2, 0) is 4.79 Å². The molecule has 0 aliphatic rings. The predicted molar refractivity (Wildman–Crippen MR) is 89.4 cm³/mol. The molecule has 6 nitrogen and oxygen atoms in total. The van der Waals surface area contributed by atoms with Crippen LogP contribution in [0.3, 0.4) is 0 Å². The number of nitrogens with zero attached hydrogens (tertiary/aromatic N) is 2. The fraction of sp³-hybridized carbons (Fsp3) is 0.167. The maximum Gasteiger partial charge on any atom is 0.270 e. The van der Waals surface area contributed by atoms with Gasteiger partial charge in [-0.1, -0.05) is 6.92 Å². The average molecular weight is 359 g/mol. The topological polar surface area (TPSA) is 77.2 Å². The second-order valence-electron chi connectivity index (χ2n) is 5.39. The summed E-state index contributed by atoms with van der Waals surface area (Å²) in [6.45, 7) is 1.77. The quantitative estimate of drug-likeness (QED) is 0.724. The molecule has 0 radical (unpaired) electrons. The number of halogens is 2. The zero-order chi connectivity index (χ0) is 18.5. The average Bonchev–Trinajstić information content (AvgIpc) is 3.10. The molecule has 0 aliphatic carbocycles. The first kappa shape index (κ1) is 17.5. The van der Waals surface area contributed by atoms with E-state index in [4.69, 9.17) is 9.26 Å². The molecule has 2 aromatic carbocycles. The van der Waals surface area contributed by atoms with E-state index in [0.717, 1.165) is 0 Å². The van der Waals surface area contributed by atoms with Gasteiger partial charge >= 0.3 is 0 Å². The molecule has 0 saturated carbocycles. The van der Waals surface area contributed by atoms with Gasteiger partial charge in [0.25, 0.3) is 17.7 Å². The summed E-state index contributed by atoms with van der Waals surface area (Å²) >= 11 is 0. The number of hydrogen-bond acceptors (Lipinski definition) is 5. The van der Waals surface area contributed by atoms with Gasteiger partial charge in [0.1, 0.15) is 17.4 Å². The van der Waals surface area contributed by atoms with Crippen molar-refractivity contribution in [2.24, 2.45) is 0 Å². The highest BCUT2D eigenvalue weighted by atomic mass is 19.1. The maximum absolute atomic E-state index is 13.0. The Morgan fingerprint density at radius 3 is 2.35 bits per heavy atom. The Kier molecular flexibility index (Phi) is 5.21. The molecule has 1 heterocycles. The summed E-state index contributed by atoms with van der Waals surface area (Å²) in [5.41, 5.74) is 0.522. The number of nitrogens with one attached hydrogen (secondary N) is 1. The highest BCUT2D eigenvalue weighted by molar-refractivity contribution is 5.92. The molecule has 3 aromatic rings. The van der Waals surface area contributed by atoms with Crippen LogP contribution in [0, 0.1) is 11.6 Å². The normalized spacial score (nSPS) is 11.8. The van der Waals surface area contributed by atoms with Crippen molar-refractivity contribution in [2.45, 2.75) is 19.4 Å². The van der Waals surface area contributed by atoms with Gasteiger partial charge in [-0.25, -0.2) is 8.78 Å². The second-order valence-corrected chi connectivity index (χ2v) is 5.39. The summed E-state index contributed by atoms with van der Waals surface area (Å²) < 4.78 is 36.5. The number of rotatable bonds is 6. The zero-order valence-electron chi connectivity index (χ0n) is 13.8. The van der Waals surface area contributed by atoms with Gasteiger partial charge in [0.05, 0.1) is 0 Å². The van der Waals surface area contributed by atoms with Crippen LogP contribution in [-0.4, -0.2) is 22.2 Å². The van der Waals surface area contributed by atoms with Crippen molar-refractivity contribution in [2.75, 3.05) is 5.32 Å². The van der Waals surface area contributed by atoms with Crippen LogP contribution < -0.4 is 10.1 Å². The Balaban J connectivity index is 1.66. The highest BCUT2D eigenvalue weighted by Gasteiger charge is 2.21. The van der Waals surface area contributed by atoms with E-state index in [9.17, 15) is 13.6 Å². The first-order chi connectivity index (χ1) is 12.5. The Morgan fingerprint density at radius 1 is 1.12 bits per heavy atom. The molecule has 0 spiro atoms. The number of carbonyl (C=O) groups excluding carboxylic acids is 1. The minimum absolute atomic E-state index is 0.0320. The number of amides is 1. The molecule has 0 bridgehead atoms. The zero-order valence-corrected chi connectivity index (χ0v) is 13.8. The largest absolute Gasteiger partial charge is 0.481 e. The third-order valence-electron chi connectivity index (χ3n) is 3.51. The van der Waals surface area contributed by atoms with Crippen LogP contribution in [0.25, 0.3) is 11.5 Å². The van der Waals surface area contributed by atoms with Crippen molar-refractivity contribution < 1.29 is 22.8 Å². The van der Waals surface area contributed by atoms with E-state index in [1.54, 1.807) is 6.92 Å². The maximum atomic E-state index is 13.0. The molecular formula is C18H15F2N3O3. The number of hydrogen-bond donors (Lipinski definition) is 1. The number of anilines is 1. The van der Waals surface area contributed by atoms with Gasteiger partial charge in [0.2, 0.25) is 0 Å². The van der Waals surface area contributed by atoms with Gasteiger partial charge in [-0.3, -0.25) is 10.1 Å². The number of ether oxygens (including phenoxy) is 1. The minimum atomic E-state index is -0.812. The van der Waals surface area contributed by atoms with Gasteiger partial charge < -0.3 is 9.26 Å². The van der Waals surface area contributed by atoms with Gasteiger partial charge in [-0.05, 0) is 60.1 Å². The monoisotopic (exact) mass is 359 g/mol. The third kappa shape index (κ3) is 4.21. The molecule has 1 amide bonds. The number of carbonyl (C=O) groups is 1. The van der Waals surface area contributed by atoms with Crippen LogP contribution in [0.4, 0.5) is 14.7 Å². The van der Waals surface area contributed by atoms with E-state index in [2.05, 4.69) is 15.5 Å². The fourth-order valence-electron chi connectivity index (χ4n) is 2.17. The van der Waals surface area contributed by atoms with Crippen molar-refractivity contribution in [3.8, 4) is 17.2 Å². The van der Waals surface area contributed by atoms with E-state index in [1.165, 1.54) is 48.5 Å². The van der Waals surface area contributed by atoms with E-state index >= 15 is 0 Å². The third-order valence-corrected chi connectivity index (χ3v) is 3.51. The SMILES string of the molecule is CCC(Oc1ccc(F)cc1)C(=O)Nc1noc(-c2ccc(F)cc2)n1. The van der Waals surface area contributed by atoms with Crippen molar-refractivity contribution in [1.82, 2.24) is 10.1 Å². The lowest BCUT2D eigenvalue weighted by molar-refractivity contribution is -0.122. The lowest BCUT2D eigenvalue weighted by atomic mass is 10.2. The summed E-state index contributed by atoms with van der Waals surface area (Å²) in [7, 11) is 0. The van der Waals surface area contributed by atoms with Crippen LogP contribution in [0.5, 0.6) is 5.75 Å². The first-order valence-electron chi connectivity index (χ1n) is 7.88. The number of benzene rings is 2. The molecule has 1 unspecified atom stereocenters. The molecule has 134 valence electrons. The van der Waals surface area contributed by atoms with Crippen molar-refractivity contribution in [1.29, 1.82) is 0 Å². The molecule has 3 rings (SSSR count). The van der Waals surface area contributed by atoms with E-state index in [-0.39, 0.29) is 17.7 Å². The first-order valence-corrected chi connectivity index (χ1v) is 7.88. The summed E-state index contributed by atoms with van der Waals surface area (Å²) in [5, 5.41) is 6.17. The molecule has 1 aromatic heterocycles. The lowest BCUT2D eigenvalue weighted by Crippen LogP contribution is -2.32. The molecule has 8 heteroatoms. The molecule has 0 aliphatic heterocycles. The van der Waals surface area contributed by atoms with Crippen molar-refractivity contribution in [3.63, 3.8) is 0 Å². The Morgan fingerprint density at radius 2 is 1.73 bits per heavy atom. The lowest BCUT2D eigenvalue weighted by Gasteiger charge is -2.15. The van der Waals surface area contributed by atoms with Crippen molar-refractivity contribution >= 4 is 11.9 Å². The standard InChI is InChI=1S/C18H15F2N3O3/c1-2-15(25-14-9-7-13(20)8-10-14)16(24)21-18-22-17(26-23-18)11-3-5-12(19)6-4-11/h3-10,15H,2H2,1H3,(H,21,23,24). The molecule has 1 atom stereocenters. The molecular weight excluding hydrogens is 344 g/mol. The Hall–Kier alpha value is -3.29. The summed E-state index contributed by atoms with van der Waals surface area (Å²) in [6, 6.07) is 10.9. The minimum Gasteiger partial charge on any atom is -0.481 e.